The zero-order chi connectivity index (χ0) is 17.6. The molecule has 1 atom stereocenters. The van der Waals surface area contributed by atoms with E-state index >= 15 is 0 Å². The second kappa shape index (κ2) is 7.72. The maximum absolute atomic E-state index is 10.3. The van der Waals surface area contributed by atoms with Gasteiger partial charge in [-0.05, 0) is 36.8 Å². The highest BCUT2D eigenvalue weighted by molar-refractivity contribution is 5.56. The largest absolute Gasteiger partial charge is 0.497 e. The summed E-state index contributed by atoms with van der Waals surface area (Å²) in [5.41, 5.74) is 2.56. The van der Waals surface area contributed by atoms with Crippen LogP contribution in [0.15, 0.2) is 54.9 Å². The second-order valence-corrected chi connectivity index (χ2v) is 5.62. The summed E-state index contributed by atoms with van der Waals surface area (Å²) in [6.07, 6.45) is 2.77. The van der Waals surface area contributed by atoms with Crippen LogP contribution in [0.1, 0.15) is 17.4 Å². The van der Waals surface area contributed by atoms with E-state index in [4.69, 9.17) is 4.74 Å². The van der Waals surface area contributed by atoms with Gasteiger partial charge in [-0.1, -0.05) is 12.1 Å². The predicted molar refractivity (Wildman–Crippen MR) is 96.4 cm³/mol. The fourth-order valence-electron chi connectivity index (χ4n) is 2.43. The first-order chi connectivity index (χ1) is 12.2. The number of aliphatic hydroxyl groups is 1. The molecular formula is C19H20N4O2. The Labute approximate surface area is 146 Å². The van der Waals surface area contributed by atoms with Crippen molar-refractivity contribution in [1.29, 1.82) is 0 Å². The van der Waals surface area contributed by atoms with E-state index in [1.165, 1.54) is 0 Å². The highest BCUT2D eigenvalue weighted by atomic mass is 16.5. The number of aryl methyl sites for hydroxylation is 1. The number of pyridine rings is 1. The first-order valence-corrected chi connectivity index (χ1v) is 7.97. The summed E-state index contributed by atoms with van der Waals surface area (Å²) < 4.78 is 5.13. The van der Waals surface area contributed by atoms with Gasteiger partial charge in [-0.3, -0.25) is 4.98 Å². The van der Waals surface area contributed by atoms with Crippen molar-refractivity contribution in [2.45, 2.75) is 13.0 Å². The number of aromatic nitrogens is 3. The Kier molecular flexibility index (Phi) is 5.20. The molecule has 0 amide bonds. The van der Waals surface area contributed by atoms with E-state index in [9.17, 15) is 5.11 Å². The lowest BCUT2D eigenvalue weighted by Crippen LogP contribution is -2.13. The Balaban J connectivity index is 1.71. The van der Waals surface area contributed by atoms with E-state index in [1.54, 1.807) is 19.5 Å². The van der Waals surface area contributed by atoms with Crippen LogP contribution in [0.3, 0.4) is 0 Å². The van der Waals surface area contributed by atoms with Crippen LogP contribution in [0.4, 0.5) is 5.82 Å². The molecule has 25 heavy (non-hydrogen) atoms. The van der Waals surface area contributed by atoms with Crippen LogP contribution in [-0.2, 0) is 0 Å². The van der Waals surface area contributed by atoms with Crippen molar-refractivity contribution < 1.29 is 9.84 Å². The standard InChI is InChI=1S/C19H20N4O2/c1-13-11-18(23-19(22-13)15-7-9-20-10-8-15)21-12-17(24)14-3-5-16(25-2)6-4-14/h3-11,17,24H,12H2,1-2H3,(H,21,22,23)/t17-/m1/s1. The van der Waals surface area contributed by atoms with Crippen LogP contribution in [-0.4, -0.2) is 33.7 Å². The SMILES string of the molecule is COc1ccc([C@H](O)CNc2cc(C)nc(-c3ccncc3)n2)cc1. The van der Waals surface area contributed by atoms with E-state index in [0.717, 1.165) is 22.6 Å². The molecule has 0 aliphatic rings. The molecule has 3 aromatic rings. The molecule has 0 unspecified atom stereocenters. The topological polar surface area (TPSA) is 80.2 Å². The molecule has 0 fully saturated rings. The number of nitrogens with zero attached hydrogens (tertiary/aromatic N) is 3. The number of hydrogen-bond donors (Lipinski definition) is 2. The summed E-state index contributed by atoms with van der Waals surface area (Å²) in [5.74, 6) is 2.06. The second-order valence-electron chi connectivity index (χ2n) is 5.62. The zero-order valence-corrected chi connectivity index (χ0v) is 14.2. The maximum Gasteiger partial charge on any atom is 0.161 e. The van der Waals surface area contributed by atoms with Crippen LogP contribution < -0.4 is 10.1 Å². The molecule has 0 aliphatic carbocycles. The summed E-state index contributed by atoms with van der Waals surface area (Å²) in [6.45, 7) is 2.26. The van der Waals surface area contributed by atoms with E-state index in [0.29, 0.717) is 18.2 Å². The third kappa shape index (κ3) is 4.30. The lowest BCUT2D eigenvalue weighted by Gasteiger charge is -2.14. The number of ether oxygens (including phenoxy) is 1. The highest BCUT2D eigenvalue weighted by Gasteiger charge is 2.10. The summed E-state index contributed by atoms with van der Waals surface area (Å²) in [7, 11) is 1.62. The molecular weight excluding hydrogens is 316 g/mol. The number of methoxy groups -OCH3 is 1. The van der Waals surface area contributed by atoms with Gasteiger partial charge in [0.2, 0.25) is 0 Å². The summed E-state index contributed by atoms with van der Waals surface area (Å²) in [5, 5.41) is 13.5. The van der Waals surface area contributed by atoms with Crippen LogP contribution in [0.25, 0.3) is 11.4 Å². The number of benzene rings is 1. The van der Waals surface area contributed by atoms with Crippen LogP contribution >= 0.6 is 0 Å². The van der Waals surface area contributed by atoms with Gasteiger partial charge in [-0.2, -0.15) is 0 Å². The first kappa shape index (κ1) is 16.9. The molecule has 0 aliphatic heterocycles. The Morgan fingerprint density at radius 1 is 1.08 bits per heavy atom. The predicted octanol–water partition coefficient (Wildman–Crippen LogP) is 3.00. The molecule has 6 nitrogen and oxygen atoms in total. The maximum atomic E-state index is 10.3. The molecule has 0 radical (unpaired) electrons. The normalized spacial score (nSPS) is 11.8. The molecule has 2 aromatic heterocycles. The average Bonchev–Trinajstić information content (AvgIpc) is 2.66. The lowest BCUT2D eigenvalue weighted by molar-refractivity contribution is 0.191. The van der Waals surface area contributed by atoms with Crippen LogP contribution in [0.5, 0.6) is 5.75 Å². The van der Waals surface area contributed by atoms with Gasteiger partial charge in [0.15, 0.2) is 5.82 Å². The van der Waals surface area contributed by atoms with Gasteiger partial charge in [0.1, 0.15) is 11.6 Å². The molecule has 0 bridgehead atoms. The zero-order valence-electron chi connectivity index (χ0n) is 14.2. The van der Waals surface area contributed by atoms with Crippen molar-refractivity contribution in [1.82, 2.24) is 15.0 Å². The molecule has 3 rings (SSSR count). The molecule has 0 saturated heterocycles. The van der Waals surface area contributed by atoms with Crippen molar-refractivity contribution in [3.63, 3.8) is 0 Å². The third-order valence-electron chi connectivity index (χ3n) is 3.77. The number of hydrogen-bond acceptors (Lipinski definition) is 6. The minimum Gasteiger partial charge on any atom is -0.497 e. The van der Waals surface area contributed by atoms with Crippen molar-refractivity contribution in [3.05, 3.63) is 66.1 Å². The summed E-state index contributed by atoms with van der Waals surface area (Å²) in [6, 6.07) is 12.9. The van der Waals surface area contributed by atoms with Gasteiger partial charge in [0, 0.05) is 36.3 Å². The first-order valence-electron chi connectivity index (χ1n) is 7.97. The third-order valence-corrected chi connectivity index (χ3v) is 3.77. The van der Waals surface area contributed by atoms with E-state index in [1.807, 2.05) is 49.4 Å². The Morgan fingerprint density at radius 3 is 2.48 bits per heavy atom. The minimum absolute atomic E-state index is 0.346. The monoisotopic (exact) mass is 336 g/mol. The minimum atomic E-state index is -0.648. The molecule has 0 spiro atoms. The number of aliphatic hydroxyl groups excluding tert-OH is 1. The smallest absolute Gasteiger partial charge is 0.161 e. The van der Waals surface area contributed by atoms with Crippen LogP contribution in [0, 0.1) is 6.92 Å². The van der Waals surface area contributed by atoms with Crippen molar-refractivity contribution >= 4 is 5.82 Å². The fourth-order valence-corrected chi connectivity index (χ4v) is 2.43. The van der Waals surface area contributed by atoms with Gasteiger partial charge in [-0.15, -0.1) is 0 Å². The number of anilines is 1. The van der Waals surface area contributed by atoms with Crippen molar-refractivity contribution in [2.75, 3.05) is 19.0 Å². The van der Waals surface area contributed by atoms with Crippen molar-refractivity contribution in [3.8, 4) is 17.1 Å². The summed E-state index contributed by atoms with van der Waals surface area (Å²) in [4.78, 5) is 13.0. The molecule has 2 heterocycles. The number of rotatable bonds is 6. The van der Waals surface area contributed by atoms with Gasteiger partial charge in [0.25, 0.3) is 0 Å². The summed E-state index contributed by atoms with van der Waals surface area (Å²) >= 11 is 0. The average molecular weight is 336 g/mol. The van der Waals surface area contributed by atoms with Crippen molar-refractivity contribution in [2.24, 2.45) is 0 Å². The van der Waals surface area contributed by atoms with Gasteiger partial charge < -0.3 is 15.2 Å². The molecule has 128 valence electrons. The molecule has 1 aromatic carbocycles. The quantitative estimate of drug-likeness (QED) is 0.720. The van der Waals surface area contributed by atoms with E-state index in [2.05, 4.69) is 20.3 Å². The van der Waals surface area contributed by atoms with E-state index < -0.39 is 6.10 Å². The molecule has 2 N–H and O–H groups in total. The van der Waals surface area contributed by atoms with Gasteiger partial charge >= 0.3 is 0 Å². The molecule has 6 heteroatoms. The molecule has 0 saturated carbocycles. The highest BCUT2D eigenvalue weighted by Crippen LogP contribution is 2.20. The van der Waals surface area contributed by atoms with Gasteiger partial charge in [-0.25, -0.2) is 9.97 Å². The van der Waals surface area contributed by atoms with Gasteiger partial charge in [0.05, 0.1) is 13.2 Å². The lowest BCUT2D eigenvalue weighted by atomic mass is 10.1. The number of nitrogens with one attached hydrogen (secondary N) is 1. The van der Waals surface area contributed by atoms with Crippen LogP contribution in [0.2, 0.25) is 0 Å². The fraction of sp³-hybridized carbons (Fsp3) is 0.211. The Hall–Kier alpha value is -2.99. The Morgan fingerprint density at radius 2 is 1.80 bits per heavy atom. The Bertz CT molecular complexity index is 823. The van der Waals surface area contributed by atoms with E-state index in [-0.39, 0.29) is 0 Å².